The van der Waals surface area contributed by atoms with E-state index in [9.17, 15) is 9.59 Å². The van der Waals surface area contributed by atoms with Crippen LogP contribution in [0.15, 0.2) is 41.3 Å². The Morgan fingerprint density at radius 2 is 1.90 bits per heavy atom. The van der Waals surface area contributed by atoms with Crippen LogP contribution in [0.5, 0.6) is 0 Å². The third-order valence-electron chi connectivity index (χ3n) is 2.78. The number of nitrogens with one attached hydrogen (secondary N) is 2. The molecule has 0 spiro atoms. The zero-order valence-electron chi connectivity index (χ0n) is 12.4. The lowest BCUT2D eigenvalue weighted by Gasteiger charge is -2.19. The van der Waals surface area contributed by atoms with E-state index in [0.717, 1.165) is 5.56 Å². The van der Waals surface area contributed by atoms with Gasteiger partial charge in [0.15, 0.2) is 5.69 Å². The fourth-order valence-electron chi connectivity index (χ4n) is 1.91. The van der Waals surface area contributed by atoms with Crippen LogP contribution in [0.4, 0.5) is 0 Å². The number of H-pyrrole nitrogens is 1. The Kier molecular flexibility index (Phi) is 4.21. The van der Waals surface area contributed by atoms with E-state index in [2.05, 4.69) is 15.3 Å². The highest BCUT2D eigenvalue weighted by Gasteiger charge is 2.19. The number of aromatic amines is 1. The zero-order valence-corrected chi connectivity index (χ0v) is 12.4. The standard InChI is InChI=1S/C16H19N3O2/c1-16(2,3)19-15(21)13-14(20)18-12(10-17-13)9-11-7-5-4-6-8-11/h4-8,10H,9H2,1-3H3,(H,18,20)(H,19,21). The van der Waals surface area contributed by atoms with Gasteiger partial charge >= 0.3 is 0 Å². The number of nitrogens with zero attached hydrogens (tertiary/aromatic N) is 1. The molecule has 1 aromatic heterocycles. The van der Waals surface area contributed by atoms with Gasteiger partial charge in [0.05, 0.1) is 0 Å². The fourth-order valence-corrected chi connectivity index (χ4v) is 1.91. The van der Waals surface area contributed by atoms with Crippen molar-refractivity contribution in [3.63, 3.8) is 0 Å². The van der Waals surface area contributed by atoms with Crippen LogP contribution in [0.1, 0.15) is 42.5 Å². The normalized spacial score (nSPS) is 11.2. The van der Waals surface area contributed by atoms with Gasteiger partial charge in [0.1, 0.15) is 0 Å². The second-order valence-electron chi connectivity index (χ2n) is 5.95. The number of carbonyl (C=O) groups excluding carboxylic acids is 1. The molecular weight excluding hydrogens is 266 g/mol. The van der Waals surface area contributed by atoms with Crippen molar-refractivity contribution < 1.29 is 4.79 Å². The van der Waals surface area contributed by atoms with Gasteiger partial charge in [-0.05, 0) is 26.3 Å². The monoisotopic (exact) mass is 285 g/mol. The van der Waals surface area contributed by atoms with Crippen molar-refractivity contribution >= 4 is 5.91 Å². The molecule has 0 saturated heterocycles. The van der Waals surface area contributed by atoms with Crippen molar-refractivity contribution in [3.8, 4) is 0 Å². The summed E-state index contributed by atoms with van der Waals surface area (Å²) in [4.78, 5) is 30.7. The third-order valence-corrected chi connectivity index (χ3v) is 2.78. The predicted octanol–water partition coefficient (Wildman–Crippen LogP) is 1.89. The number of amides is 1. The second kappa shape index (κ2) is 5.91. The lowest BCUT2D eigenvalue weighted by Crippen LogP contribution is -2.43. The maximum atomic E-state index is 12.0. The minimum Gasteiger partial charge on any atom is -0.346 e. The van der Waals surface area contributed by atoms with Gasteiger partial charge in [-0.2, -0.15) is 0 Å². The van der Waals surface area contributed by atoms with E-state index in [-0.39, 0.29) is 5.69 Å². The third kappa shape index (κ3) is 4.27. The highest BCUT2D eigenvalue weighted by Crippen LogP contribution is 2.05. The molecular formula is C16H19N3O2. The van der Waals surface area contributed by atoms with Crippen LogP contribution < -0.4 is 10.9 Å². The maximum absolute atomic E-state index is 12.0. The molecule has 5 nitrogen and oxygen atoms in total. The molecule has 5 heteroatoms. The van der Waals surface area contributed by atoms with Crippen molar-refractivity contribution in [2.75, 3.05) is 0 Å². The molecule has 0 aliphatic rings. The Hall–Kier alpha value is -2.43. The number of carbonyl (C=O) groups is 1. The van der Waals surface area contributed by atoms with Gasteiger partial charge in [-0.3, -0.25) is 9.59 Å². The van der Waals surface area contributed by atoms with Gasteiger partial charge in [0.25, 0.3) is 11.5 Å². The quantitative estimate of drug-likeness (QED) is 0.904. The average molecular weight is 285 g/mol. The zero-order chi connectivity index (χ0) is 15.5. The highest BCUT2D eigenvalue weighted by molar-refractivity contribution is 5.92. The first-order valence-corrected chi connectivity index (χ1v) is 6.80. The van der Waals surface area contributed by atoms with Gasteiger partial charge in [-0.25, -0.2) is 4.98 Å². The summed E-state index contributed by atoms with van der Waals surface area (Å²) < 4.78 is 0. The van der Waals surface area contributed by atoms with E-state index < -0.39 is 17.0 Å². The number of rotatable bonds is 3. The Morgan fingerprint density at radius 3 is 2.48 bits per heavy atom. The topological polar surface area (TPSA) is 74.8 Å². The minimum atomic E-state index is -0.467. The molecule has 0 aliphatic carbocycles. The maximum Gasteiger partial charge on any atom is 0.279 e. The van der Waals surface area contributed by atoms with Crippen LogP contribution in [0.3, 0.4) is 0 Å². The largest absolute Gasteiger partial charge is 0.346 e. The van der Waals surface area contributed by atoms with Crippen LogP contribution in [-0.2, 0) is 6.42 Å². The molecule has 0 unspecified atom stereocenters. The smallest absolute Gasteiger partial charge is 0.279 e. The average Bonchev–Trinajstić information content (AvgIpc) is 2.37. The molecule has 2 aromatic rings. The fraction of sp³-hybridized carbons (Fsp3) is 0.312. The van der Waals surface area contributed by atoms with E-state index in [4.69, 9.17) is 0 Å². The van der Waals surface area contributed by atoms with Crippen molar-refractivity contribution in [1.82, 2.24) is 15.3 Å². The molecule has 0 atom stereocenters. The molecule has 2 N–H and O–H groups in total. The summed E-state index contributed by atoms with van der Waals surface area (Å²) in [7, 11) is 0. The first-order valence-electron chi connectivity index (χ1n) is 6.80. The highest BCUT2D eigenvalue weighted by atomic mass is 16.2. The Bertz CT molecular complexity index is 685. The van der Waals surface area contributed by atoms with E-state index in [1.54, 1.807) is 0 Å². The Balaban J connectivity index is 2.18. The number of benzene rings is 1. The summed E-state index contributed by atoms with van der Waals surface area (Å²) in [5.74, 6) is -0.463. The molecule has 2 rings (SSSR count). The SMILES string of the molecule is CC(C)(C)NC(=O)c1ncc(Cc2ccccc2)[nH]c1=O. The molecule has 1 amide bonds. The lowest BCUT2D eigenvalue weighted by atomic mass is 10.1. The molecule has 0 saturated carbocycles. The van der Waals surface area contributed by atoms with Crippen molar-refractivity contribution in [2.24, 2.45) is 0 Å². The Morgan fingerprint density at radius 1 is 1.24 bits per heavy atom. The van der Waals surface area contributed by atoms with Crippen LogP contribution in [0.2, 0.25) is 0 Å². The summed E-state index contributed by atoms with van der Waals surface area (Å²) in [5, 5.41) is 2.72. The minimum absolute atomic E-state index is 0.110. The van der Waals surface area contributed by atoms with E-state index >= 15 is 0 Å². The molecule has 0 radical (unpaired) electrons. The molecule has 0 aliphatic heterocycles. The first-order chi connectivity index (χ1) is 9.85. The van der Waals surface area contributed by atoms with E-state index in [1.807, 2.05) is 51.1 Å². The summed E-state index contributed by atoms with van der Waals surface area (Å²) in [6.07, 6.45) is 2.11. The molecule has 1 heterocycles. The van der Waals surface area contributed by atoms with Crippen molar-refractivity contribution in [3.05, 3.63) is 63.8 Å². The van der Waals surface area contributed by atoms with Crippen LogP contribution in [0.25, 0.3) is 0 Å². The number of hydrogen-bond acceptors (Lipinski definition) is 3. The Labute approximate surface area is 123 Å². The van der Waals surface area contributed by atoms with Crippen LogP contribution in [0, 0.1) is 0 Å². The molecule has 0 bridgehead atoms. The molecule has 1 aromatic carbocycles. The van der Waals surface area contributed by atoms with Gasteiger partial charge in [0.2, 0.25) is 0 Å². The van der Waals surface area contributed by atoms with Gasteiger partial charge in [0, 0.05) is 23.9 Å². The predicted molar refractivity (Wildman–Crippen MR) is 81.3 cm³/mol. The second-order valence-corrected chi connectivity index (χ2v) is 5.95. The van der Waals surface area contributed by atoms with Gasteiger partial charge in [-0.15, -0.1) is 0 Å². The number of aromatic nitrogens is 2. The van der Waals surface area contributed by atoms with Gasteiger partial charge in [-0.1, -0.05) is 30.3 Å². The summed E-state index contributed by atoms with van der Waals surface area (Å²) in [6.45, 7) is 5.55. The van der Waals surface area contributed by atoms with E-state index in [0.29, 0.717) is 12.1 Å². The van der Waals surface area contributed by atoms with Crippen LogP contribution >= 0.6 is 0 Å². The first kappa shape index (κ1) is 15.0. The van der Waals surface area contributed by atoms with Crippen molar-refractivity contribution in [1.29, 1.82) is 0 Å². The lowest BCUT2D eigenvalue weighted by molar-refractivity contribution is 0.0912. The van der Waals surface area contributed by atoms with Crippen LogP contribution in [-0.4, -0.2) is 21.4 Å². The molecule has 0 fully saturated rings. The number of hydrogen-bond donors (Lipinski definition) is 2. The van der Waals surface area contributed by atoms with E-state index in [1.165, 1.54) is 6.20 Å². The summed E-state index contributed by atoms with van der Waals surface area (Å²) in [6, 6.07) is 9.75. The summed E-state index contributed by atoms with van der Waals surface area (Å²) >= 11 is 0. The summed E-state index contributed by atoms with van der Waals surface area (Å²) in [5.41, 5.74) is 0.765. The van der Waals surface area contributed by atoms with Crippen molar-refractivity contribution in [2.45, 2.75) is 32.7 Å². The van der Waals surface area contributed by atoms with Gasteiger partial charge < -0.3 is 10.3 Å². The molecule has 21 heavy (non-hydrogen) atoms. The molecule has 110 valence electrons.